The van der Waals surface area contributed by atoms with Crippen LogP contribution in [0.2, 0.25) is 0 Å². The Bertz CT molecular complexity index is 553. The topological polar surface area (TPSA) is 38.8 Å². The fraction of sp³-hybridized carbons (Fsp3) is 0.611. The predicted molar refractivity (Wildman–Crippen MR) is 84.9 cm³/mol. The van der Waals surface area contributed by atoms with Crippen molar-refractivity contribution in [3.63, 3.8) is 0 Å². The van der Waals surface area contributed by atoms with Crippen LogP contribution in [0.15, 0.2) is 24.3 Å². The van der Waals surface area contributed by atoms with Gasteiger partial charge in [-0.15, -0.1) is 0 Å². The fourth-order valence-corrected chi connectivity index (χ4v) is 3.54. The molecule has 4 nitrogen and oxygen atoms in total. The summed E-state index contributed by atoms with van der Waals surface area (Å²) >= 11 is 0. The molecule has 5 heteroatoms. The number of benzene rings is 1. The minimum atomic E-state index is -0.474. The molecule has 0 spiro atoms. The molecule has 0 aromatic heterocycles. The number of hydrogen-bond acceptors (Lipinski definition) is 3. The monoisotopic (exact) mass is 321 g/mol. The summed E-state index contributed by atoms with van der Waals surface area (Å²) in [7, 11) is 0. The normalized spacial score (nSPS) is 27.0. The first-order valence-corrected chi connectivity index (χ1v) is 8.25. The number of nitrogens with zero attached hydrogens (tertiary/aromatic N) is 1. The number of rotatable bonds is 2. The predicted octanol–water partition coefficient (Wildman–Crippen LogP) is 4.14. The van der Waals surface area contributed by atoms with Crippen molar-refractivity contribution >= 4 is 6.09 Å². The Labute approximate surface area is 136 Å². The summed E-state index contributed by atoms with van der Waals surface area (Å²) in [5, 5.41) is 0. The third kappa shape index (κ3) is 3.77. The second-order valence-corrected chi connectivity index (χ2v) is 7.44. The summed E-state index contributed by atoms with van der Waals surface area (Å²) in [5.41, 5.74) is -0.474. The molecule has 2 bridgehead atoms. The van der Waals surface area contributed by atoms with Gasteiger partial charge in [-0.1, -0.05) is 0 Å². The third-order valence-corrected chi connectivity index (χ3v) is 4.41. The first-order valence-electron chi connectivity index (χ1n) is 8.25. The highest BCUT2D eigenvalue weighted by Crippen LogP contribution is 2.38. The Hall–Kier alpha value is -1.78. The molecule has 126 valence electrons. The standard InChI is InChI=1S/C18H24FNO3/c1-18(2,3)23-17(21)20-13-6-7-14(20)11-16(10-13)22-15-8-4-12(19)5-9-15/h4-5,8-9,13-14,16H,6-7,10-11H2,1-3H3. The van der Waals surface area contributed by atoms with Crippen molar-refractivity contribution in [3.05, 3.63) is 30.1 Å². The molecule has 1 aromatic carbocycles. The molecule has 2 aliphatic rings. The van der Waals surface area contributed by atoms with E-state index in [2.05, 4.69) is 0 Å². The zero-order valence-electron chi connectivity index (χ0n) is 13.9. The van der Waals surface area contributed by atoms with Gasteiger partial charge in [0.25, 0.3) is 0 Å². The Morgan fingerprint density at radius 1 is 1.13 bits per heavy atom. The molecule has 0 N–H and O–H groups in total. The zero-order valence-corrected chi connectivity index (χ0v) is 13.9. The van der Waals surface area contributed by atoms with E-state index in [1.807, 2.05) is 25.7 Å². The van der Waals surface area contributed by atoms with Gasteiger partial charge < -0.3 is 14.4 Å². The van der Waals surface area contributed by atoms with Crippen molar-refractivity contribution in [1.82, 2.24) is 4.90 Å². The van der Waals surface area contributed by atoms with Gasteiger partial charge in [-0.2, -0.15) is 0 Å². The molecule has 23 heavy (non-hydrogen) atoms. The van der Waals surface area contributed by atoms with Crippen LogP contribution in [0.4, 0.5) is 9.18 Å². The molecule has 0 saturated carbocycles. The lowest BCUT2D eigenvalue weighted by molar-refractivity contribution is -0.00708. The average molecular weight is 321 g/mol. The van der Waals surface area contributed by atoms with Crippen molar-refractivity contribution in [2.75, 3.05) is 0 Å². The van der Waals surface area contributed by atoms with E-state index in [-0.39, 0.29) is 30.1 Å². The van der Waals surface area contributed by atoms with Gasteiger partial charge in [0, 0.05) is 24.9 Å². The summed E-state index contributed by atoms with van der Waals surface area (Å²) in [6.45, 7) is 5.66. The van der Waals surface area contributed by atoms with E-state index in [1.165, 1.54) is 12.1 Å². The number of piperidine rings is 1. The van der Waals surface area contributed by atoms with Crippen LogP contribution in [0.3, 0.4) is 0 Å². The second kappa shape index (κ2) is 6.02. The van der Waals surface area contributed by atoms with Gasteiger partial charge in [0.1, 0.15) is 23.3 Å². The first-order chi connectivity index (χ1) is 10.8. The Balaban J connectivity index is 1.62. The molecule has 1 amide bonds. The van der Waals surface area contributed by atoms with Crippen LogP contribution in [-0.2, 0) is 4.74 Å². The molecule has 1 aromatic rings. The van der Waals surface area contributed by atoms with Gasteiger partial charge in [-0.3, -0.25) is 0 Å². The van der Waals surface area contributed by atoms with Gasteiger partial charge in [0.15, 0.2) is 0 Å². The number of carbonyl (C=O) groups excluding carboxylic acids is 1. The van der Waals surface area contributed by atoms with Crippen molar-refractivity contribution < 1.29 is 18.7 Å². The first kappa shape index (κ1) is 16.1. The minimum absolute atomic E-state index is 0.0663. The molecule has 2 saturated heterocycles. The van der Waals surface area contributed by atoms with Gasteiger partial charge in [-0.05, 0) is 57.9 Å². The van der Waals surface area contributed by atoms with Crippen molar-refractivity contribution in [1.29, 1.82) is 0 Å². The lowest BCUT2D eigenvalue weighted by Crippen LogP contribution is -2.50. The largest absolute Gasteiger partial charge is 0.490 e. The highest BCUT2D eigenvalue weighted by molar-refractivity contribution is 5.69. The van der Waals surface area contributed by atoms with Gasteiger partial charge in [-0.25, -0.2) is 9.18 Å². The minimum Gasteiger partial charge on any atom is -0.490 e. The number of hydrogen-bond donors (Lipinski definition) is 0. The summed E-state index contributed by atoms with van der Waals surface area (Å²) < 4.78 is 24.5. The van der Waals surface area contributed by atoms with Crippen molar-refractivity contribution in [2.24, 2.45) is 0 Å². The fourth-order valence-electron chi connectivity index (χ4n) is 3.54. The van der Waals surface area contributed by atoms with E-state index >= 15 is 0 Å². The number of fused-ring (bicyclic) bond motifs is 2. The molecule has 0 aliphatic carbocycles. The maximum absolute atomic E-state index is 13.0. The Morgan fingerprint density at radius 3 is 2.22 bits per heavy atom. The maximum atomic E-state index is 13.0. The number of halogens is 1. The quantitative estimate of drug-likeness (QED) is 0.822. The van der Waals surface area contributed by atoms with Crippen LogP contribution in [0.25, 0.3) is 0 Å². The molecule has 2 unspecified atom stereocenters. The molecule has 0 radical (unpaired) electrons. The van der Waals surface area contributed by atoms with E-state index in [0.717, 1.165) is 25.7 Å². The molecule has 2 heterocycles. The lowest BCUT2D eigenvalue weighted by Gasteiger charge is -2.39. The molecular formula is C18H24FNO3. The highest BCUT2D eigenvalue weighted by Gasteiger charge is 2.45. The summed E-state index contributed by atoms with van der Waals surface area (Å²) in [5.74, 6) is 0.415. The summed E-state index contributed by atoms with van der Waals surface area (Å²) in [6.07, 6.45) is 3.43. The van der Waals surface area contributed by atoms with Crippen molar-refractivity contribution in [3.8, 4) is 5.75 Å². The van der Waals surface area contributed by atoms with E-state index in [0.29, 0.717) is 5.75 Å². The van der Waals surface area contributed by atoms with Gasteiger partial charge in [0.2, 0.25) is 0 Å². The van der Waals surface area contributed by atoms with Crippen LogP contribution in [-0.4, -0.2) is 34.8 Å². The van der Waals surface area contributed by atoms with Crippen LogP contribution in [0.5, 0.6) is 5.75 Å². The number of carbonyl (C=O) groups is 1. The SMILES string of the molecule is CC(C)(C)OC(=O)N1C2CCC1CC(Oc1ccc(F)cc1)C2. The van der Waals surface area contributed by atoms with Crippen LogP contribution >= 0.6 is 0 Å². The third-order valence-electron chi connectivity index (χ3n) is 4.41. The van der Waals surface area contributed by atoms with Gasteiger partial charge >= 0.3 is 6.09 Å². The Kier molecular flexibility index (Phi) is 4.21. The summed E-state index contributed by atoms with van der Waals surface area (Å²) in [4.78, 5) is 14.3. The summed E-state index contributed by atoms with van der Waals surface area (Å²) in [6, 6.07) is 6.46. The van der Waals surface area contributed by atoms with E-state index < -0.39 is 5.60 Å². The molecule has 2 fully saturated rings. The lowest BCUT2D eigenvalue weighted by atomic mass is 10.00. The van der Waals surface area contributed by atoms with E-state index in [4.69, 9.17) is 9.47 Å². The van der Waals surface area contributed by atoms with E-state index in [1.54, 1.807) is 12.1 Å². The van der Waals surface area contributed by atoms with E-state index in [9.17, 15) is 9.18 Å². The van der Waals surface area contributed by atoms with Crippen LogP contribution < -0.4 is 4.74 Å². The number of ether oxygens (including phenoxy) is 2. The average Bonchev–Trinajstić information content (AvgIpc) is 2.72. The number of amides is 1. The molecule has 3 rings (SSSR count). The van der Waals surface area contributed by atoms with Crippen LogP contribution in [0, 0.1) is 5.82 Å². The second-order valence-electron chi connectivity index (χ2n) is 7.44. The highest BCUT2D eigenvalue weighted by atomic mass is 19.1. The molecule has 2 atom stereocenters. The molecular weight excluding hydrogens is 297 g/mol. The zero-order chi connectivity index (χ0) is 16.6. The van der Waals surface area contributed by atoms with Gasteiger partial charge in [0.05, 0.1) is 0 Å². The maximum Gasteiger partial charge on any atom is 0.410 e. The van der Waals surface area contributed by atoms with Crippen molar-refractivity contribution in [2.45, 2.75) is 70.2 Å². The smallest absolute Gasteiger partial charge is 0.410 e. The Morgan fingerprint density at radius 2 is 1.70 bits per heavy atom. The van der Waals surface area contributed by atoms with Crippen LogP contribution in [0.1, 0.15) is 46.5 Å². The molecule has 2 aliphatic heterocycles.